The number of ether oxygens (including phenoxy) is 4. The third-order valence-corrected chi connectivity index (χ3v) is 8.01. The van der Waals surface area contributed by atoms with Gasteiger partial charge in [0.2, 0.25) is 0 Å². The SMILES string of the molecule is CC[C@H](C)[C@@H](NC(=O)OCC1c2ccccc2-c2ccccc21)C(=O)O[C@H](C)[C@H](NC(=O)OC(C)(C)C)C(=O)OCc1ccccc1. The van der Waals surface area contributed by atoms with Gasteiger partial charge in [-0.3, -0.25) is 0 Å². The summed E-state index contributed by atoms with van der Waals surface area (Å²) in [5.74, 6) is -2.09. The van der Waals surface area contributed by atoms with Crippen molar-refractivity contribution in [2.45, 2.75) is 84.3 Å². The average molecular weight is 645 g/mol. The van der Waals surface area contributed by atoms with Gasteiger partial charge in [-0.2, -0.15) is 0 Å². The van der Waals surface area contributed by atoms with E-state index in [1.807, 2.05) is 73.7 Å². The number of carbonyl (C=O) groups excluding carboxylic acids is 4. The number of nitrogens with one attached hydrogen (secondary N) is 2. The van der Waals surface area contributed by atoms with Crippen LogP contribution in [0.3, 0.4) is 0 Å². The van der Waals surface area contributed by atoms with E-state index in [-0.39, 0.29) is 25.0 Å². The van der Waals surface area contributed by atoms with Gasteiger partial charge in [0.05, 0.1) is 0 Å². The number of esters is 2. The zero-order valence-corrected chi connectivity index (χ0v) is 27.8. The Morgan fingerprint density at radius 2 is 1.28 bits per heavy atom. The molecule has 47 heavy (non-hydrogen) atoms. The Bertz CT molecular complexity index is 1510. The molecule has 0 saturated heterocycles. The fourth-order valence-electron chi connectivity index (χ4n) is 5.38. The van der Waals surface area contributed by atoms with Crippen molar-refractivity contribution in [2.75, 3.05) is 6.61 Å². The number of amides is 2. The second kappa shape index (κ2) is 15.6. The van der Waals surface area contributed by atoms with E-state index in [9.17, 15) is 19.2 Å². The summed E-state index contributed by atoms with van der Waals surface area (Å²) in [4.78, 5) is 52.4. The third-order valence-electron chi connectivity index (χ3n) is 8.01. The minimum Gasteiger partial charge on any atom is -0.459 e. The highest BCUT2D eigenvalue weighted by atomic mass is 16.6. The molecule has 0 saturated carbocycles. The molecule has 0 fully saturated rings. The van der Waals surface area contributed by atoms with Crippen molar-refractivity contribution in [3.05, 3.63) is 95.6 Å². The average Bonchev–Trinajstić information content (AvgIpc) is 3.36. The van der Waals surface area contributed by atoms with Gasteiger partial charge in [0.1, 0.15) is 31.0 Å². The molecule has 10 nitrogen and oxygen atoms in total. The second-order valence-corrected chi connectivity index (χ2v) is 12.7. The number of fused-ring (bicyclic) bond motifs is 3. The normalized spacial score (nSPS) is 14.8. The molecule has 3 aromatic rings. The summed E-state index contributed by atoms with van der Waals surface area (Å²) in [7, 11) is 0. The van der Waals surface area contributed by atoms with E-state index in [0.717, 1.165) is 27.8 Å². The molecule has 1 aliphatic rings. The maximum atomic E-state index is 13.5. The summed E-state index contributed by atoms with van der Waals surface area (Å²) in [6.07, 6.45) is -2.28. The molecule has 0 spiro atoms. The third kappa shape index (κ3) is 9.34. The van der Waals surface area contributed by atoms with E-state index < -0.39 is 47.9 Å². The van der Waals surface area contributed by atoms with E-state index in [4.69, 9.17) is 18.9 Å². The highest BCUT2D eigenvalue weighted by Crippen LogP contribution is 2.44. The predicted molar refractivity (Wildman–Crippen MR) is 176 cm³/mol. The second-order valence-electron chi connectivity index (χ2n) is 12.7. The van der Waals surface area contributed by atoms with Crippen molar-refractivity contribution in [2.24, 2.45) is 5.92 Å². The molecule has 0 aromatic heterocycles. The minimum absolute atomic E-state index is 0.0499. The molecular weight excluding hydrogens is 600 g/mol. The lowest BCUT2D eigenvalue weighted by molar-refractivity contribution is -0.160. The Labute approximate surface area is 276 Å². The van der Waals surface area contributed by atoms with Crippen molar-refractivity contribution >= 4 is 24.1 Å². The zero-order chi connectivity index (χ0) is 34.1. The van der Waals surface area contributed by atoms with Crippen molar-refractivity contribution in [1.82, 2.24) is 10.6 Å². The van der Waals surface area contributed by atoms with E-state index in [1.165, 1.54) is 6.92 Å². The first-order chi connectivity index (χ1) is 22.4. The monoisotopic (exact) mass is 644 g/mol. The Hall–Kier alpha value is -4.86. The number of hydrogen-bond donors (Lipinski definition) is 2. The minimum atomic E-state index is -1.38. The molecule has 2 amide bonds. The lowest BCUT2D eigenvalue weighted by Gasteiger charge is -2.28. The maximum absolute atomic E-state index is 13.5. The topological polar surface area (TPSA) is 129 Å². The largest absolute Gasteiger partial charge is 0.459 e. The van der Waals surface area contributed by atoms with Crippen LogP contribution in [0, 0.1) is 5.92 Å². The first kappa shape index (κ1) is 35.0. The molecule has 0 bridgehead atoms. The summed E-state index contributed by atoms with van der Waals surface area (Å²) in [6, 6.07) is 22.6. The van der Waals surface area contributed by atoms with Crippen LogP contribution in [-0.4, -0.2) is 54.5 Å². The van der Waals surface area contributed by atoms with Crippen LogP contribution in [0.5, 0.6) is 0 Å². The van der Waals surface area contributed by atoms with Crippen LogP contribution in [0.1, 0.15) is 70.6 Å². The number of benzene rings is 3. The van der Waals surface area contributed by atoms with Gasteiger partial charge in [-0.15, -0.1) is 0 Å². The molecule has 10 heteroatoms. The molecule has 3 aromatic carbocycles. The molecule has 0 unspecified atom stereocenters. The summed E-state index contributed by atoms with van der Waals surface area (Å²) < 4.78 is 22.2. The first-order valence-corrected chi connectivity index (χ1v) is 15.9. The summed E-state index contributed by atoms with van der Waals surface area (Å²) in [5.41, 5.74) is 4.24. The first-order valence-electron chi connectivity index (χ1n) is 15.9. The summed E-state index contributed by atoms with van der Waals surface area (Å²) in [6.45, 7) is 10.2. The molecule has 4 atom stereocenters. The highest BCUT2D eigenvalue weighted by Gasteiger charge is 2.37. The van der Waals surface area contributed by atoms with Crippen LogP contribution < -0.4 is 10.6 Å². The fourth-order valence-corrected chi connectivity index (χ4v) is 5.38. The van der Waals surface area contributed by atoms with Crippen molar-refractivity contribution < 1.29 is 38.1 Å². The van der Waals surface area contributed by atoms with Crippen LogP contribution in [0.25, 0.3) is 11.1 Å². The van der Waals surface area contributed by atoms with Crippen LogP contribution in [0.4, 0.5) is 9.59 Å². The maximum Gasteiger partial charge on any atom is 0.408 e. The van der Waals surface area contributed by atoms with Gasteiger partial charge in [0, 0.05) is 5.92 Å². The van der Waals surface area contributed by atoms with Gasteiger partial charge in [-0.25, -0.2) is 19.2 Å². The Balaban J connectivity index is 1.42. The number of alkyl carbamates (subject to hydrolysis) is 2. The molecule has 250 valence electrons. The summed E-state index contributed by atoms with van der Waals surface area (Å²) in [5, 5.41) is 5.15. The molecule has 0 radical (unpaired) electrons. The van der Waals surface area contributed by atoms with E-state index in [1.54, 1.807) is 39.8 Å². The van der Waals surface area contributed by atoms with Gasteiger partial charge >= 0.3 is 24.1 Å². The Kier molecular flexibility index (Phi) is 11.6. The van der Waals surface area contributed by atoms with Gasteiger partial charge < -0.3 is 29.6 Å². The van der Waals surface area contributed by atoms with Gasteiger partial charge in [-0.1, -0.05) is 99.1 Å². The Morgan fingerprint density at radius 1 is 0.723 bits per heavy atom. The van der Waals surface area contributed by atoms with Gasteiger partial charge in [-0.05, 0) is 61.4 Å². The number of carbonyl (C=O) groups is 4. The molecule has 2 N–H and O–H groups in total. The van der Waals surface area contributed by atoms with Gasteiger partial charge in [0.15, 0.2) is 6.04 Å². The highest BCUT2D eigenvalue weighted by molar-refractivity contribution is 5.85. The van der Waals surface area contributed by atoms with E-state index in [2.05, 4.69) is 10.6 Å². The molecule has 0 heterocycles. The lowest BCUT2D eigenvalue weighted by atomic mass is 9.98. The molecule has 4 rings (SSSR count). The quantitative estimate of drug-likeness (QED) is 0.169. The van der Waals surface area contributed by atoms with Crippen molar-refractivity contribution in [1.29, 1.82) is 0 Å². The van der Waals surface area contributed by atoms with Crippen LogP contribution in [-0.2, 0) is 35.1 Å². The predicted octanol–water partition coefficient (Wildman–Crippen LogP) is 6.51. The smallest absolute Gasteiger partial charge is 0.408 e. The number of hydrogen-bond acceptors (Lipinski definition) is 8. The molecule has 0 aliphatic heterocycles. The molecular formula is C37H44N2O8. The standard InChI is InChI=1S/C37H44N2O8/c1-7-23(2)31(38-35(42)45-22-30-28-19-13-11-17-26(28)27-18-12-14-20-29(27)30)34(41)46-24(3)32(39-36(43)47-37(4,5)6)33(40)44-21-25-15-9-8-10-16-25/h8-20,23-24,30-32H,7,21-22H2,1-6H3,(H,38,42)(H,39,43)/t23-,24+,31+,32-/m0/s1. The Morgan fingerprint density at radius 3 is 1.85 bits per heavy atom. The lowest BCUT2D eigenvalue weighted by Crippen LogP contribution is -2.53. The van der Waals surface area contributed by atoms with Crippen LogP contribution in [0.2, 0.25) is 0 Å². The van der Waals surface area contributed by atoms with Gasteiger partial charge in [0.25, 0.3) is 0 Å². The zero-order valence-electron chi connectivity index (χ0n) is 27.8. The van der Waals surface area contributed by atoms with E-state index >= 15 is 0 Å². The summed E-state index contributed by atoms with van der Waals surface area (Å²) >= 11 is 0. The number of rotatable bonds is 12. The van der Waals surface area contributed by atoms with Crippen LogP contribution >= 0.6 is 0 Å². The molecule has 1 aliphatic carbocycles. The fraction of sp³-hybridized carbons (Fsp3) is 0.405. The van der Waals surface area contributed by atoms with E-state index in [0.29, 0.717) is 6.42 Å². The van der Waals surface area contributed by atoms with Crippen LogP contribution in [0.15, 0.2) is 78.9 Å². The van der Waals surface area contributed by atoms with Crippen molar-refractivity contribution in [3.8, 4) is 11.1 Å². The van der Waals surface area contributed by atoms with Crippen molar-refractivity contribution in [3.63, 3.8) is 0 Å².